The summed E-state index contributed by atoms with van der Waals surface area (Å²) in [6.45, 7) is 4.94. The Morgan fingerprint density at radius 2 is 1.77 bits per heavy atom. The summed E-state index contributed by atoms with van der Waals surface area (Å²) in [5.41, 5.74) is 1.13. The molecule has 0 saturated heterocycles. The van der Waals surface area contributed by atoms with Crippen molar-refractivity contribution in [2.75, 3.05) is 33.4 Å². The maximum Gasteiger partial charge on any atom is 0.414 e. The van der Waals surface area contributed by atoms with Gasteiger partial charge in [-0.15, -0.1) is 0 Å². The van der Waals surface area contributed by atoms with E-state index in [2.05, 4.69) is 5.32 Å². The molecule has 0 amide bonds. The normalized spacial score (nSPS) is 9.59. The van der Waals surface area contributed by atoms with Crippen LogP contribution in [-0.2, 0) is 14.3 Å². The lowest BCUT2D eigenvalue weighted by molar-refractivity contribution is -0.159. The fraction of sp³-hybridized carbons (Fsp3) is 0.429. The summed E-state index contributed by atoms with van der Waals surface area (Å²) in [7, 11) is 1.68. The first-order valence-electron chi connectivity index (χ1n) is 6.43. The van der Waals surface area contributed by atoms with Crippen LogP contribution in [-0.4, -0.2) is 55.6 Å². The summed E-state index contributed by atoms with van der Waals surface area (Å²) >= 11 is 6.03. The molecule has 0 fully saturated rings. The van der Waals surface area contributed by atoms with E-state index in [0.29, 0.717) is 18.2 Å². The van der Waals surface area contributed by atoms with Crippen molar-refractivity contribution >= 4 is 23.5 Å². The number of carbonyl (C=O) groups is 2. The van der Waals surface area contributed by atoms with Gasteiger partial charge in [-0.3, -0.25) is 0 Å². The van der Waals surface area contributed by atoms with Gasteiger partial charge in [-0.1, -0.05) is 17.7 Å². The molecule has 1 rings (SSSR count). The van der Waals surface area contributed by atoms with Crippen LogP contribution in [0, 0.1) is 6.92 Å². The van der Waals surface area contributed by atoms with E-state index in [0.717, 1.165) is 24.4 Å². The van der Waals surface area contributed by atoms with Crippen LogP contribution in [0.25, 0.3) is 0 Å². The maximum atomic E-state index is 9.10. The van der Waals surface area contributed by atoms with Gasteiger partial charge in [-0.05, 0) is 24.6 Å². The fourth-order valence-corrected chi connectivity index (χ4v) is 1.54. The Kier molecular flexibility index (Phi) is 10.8. The number of ether oxygens (including phenoxy) is 2. The largest absolute Gasteiger partial charge is 0.491 e. The first-order chi connectivity index (χ1) is 10.4. The number of benzene rings is 1. The second kappa shape index (κ2) is 11.8. The highest BCUT2D eigenvalue weighted by Crippen LogP contribution is 2.24. The fourth-order valence-electron chi connectivity index (χ4n) is 1.26. The third kappa shape index (κ3) is 9.98. The Hall–Kier alpha value is -1.83. The number of nitrogens with one attached hydrogen (secondary N) is 1. The molecule has 0 aliphatic carbocycles. The van der Waals surface area contributed by atoms with Gasteiger partial charge in [0.1, 0.15) is 12.4 Å². The molecular weight excluding hydrogens is 314 g/mol. The van der Waals surface area contributed by atoms with Crippen LogP contribution in [0.3, 0.4) is 0 Å². The van der Waals surface area contributed by atoms with Gasteiger partial charge in [-0.25, -0.2) is 9.59 Å². The number of methoxy groups -OCH3 is 1. The number of carboxylic acids is 2. The van der Waals surface area contributed by atoms with Crippen molar-refractivity contribution in [3.05, 3.63) is 28.8 Å². The van der Waals surface area contributed by atoms with E-state index in [9.17, 15) is 0 Å². The van der Waals surface area contributed by atoms with E-state index in [-0.39, 0.29) is 0 Å². The molecule has 0 unspecified atom stereocenters. The monoisotopic (exact) mass is 333 g/mol. The molecule has 0 aliphatic rings. The van der Waals surface area contributed by atoms with E-state index < -0.39 is 11.9 Å². The summed E-state index contributed by atoms with van der Waals surface area (Å²) in [6, 6.07) is 5.78. The van der Waals surface area contributed by atoms with Crippen molar-refractivity contribution in [1.29, 1.82) is 0 Å². The van der Waals surface area contributed by atoms with Crippen molar-refractivity contribution < 1.29 is 29.3 Å². The molecule has 0 spiro atoms. The van der Waals surface area contributed by atoms with E-state index in [1.54, 1.807) is 7.11 Å². The average Bonchev–Trinajstić information content (AvgIpc) is 2.45. The number of rotatable bonds is 7. The quantitative estimate of drug-likeness (QED) is 0.512. The molecule has 7 nitrogen and oxygen atoms in total. The van der Waals surface area contributed by atoms with Gasteiger partial charge in [0, 0.05) is 20.2 Å². The average molecular weight is 334 g/mol. The van der Waals surface area contributed by atoms with Gasteiger partial charge < -0.3 is 25.0 Å². The molecule has 8 heteroatoms. The summed E-state index contributed by atoms with van der Waals surface area (Å²) in [4.78, 5) is 18.2. The molecule has 0 atom stereocenters. The number of aryl methyl sites for hydroxylation is 1. The van der Waals surface area contributed by atoms with Crippen molar-refractivity contribution in [2.45, 2.75) is 6.92 Å². The van der Waals surface area contributed by atoms with Crippen molar-refractivity contribution in [2.24, 2.45) is 0 Å². The van der Waals surface area contributed by atoms with E-state index in [4.69, 9.17) is 40.9 Å². The lowest BCUT2D eigenvalue weighted by Gasteiger charge is -2.09. The molecule has 0 saturated carbocycles. The highest BCUT2D eigenvalue weighted by molar-refractivity contribution is 6.32. The van der Waals surface area contributed by atoms with Crippen LogP contribution >= 0.6 is 11.6 Å². The van der Waals surface area contributed by atoms with Crippen LogP contribution in [0.1, 0.15) is 5.56 Å². The molecule has 22 heavy (non-hydrogen) atoms. The minimum absolute atomic E-state index is 0.604. The maximum absolute atomic E-state index is 9.10. The molecule has 0 heterocycles. The topological polar surface area (TPSA) is 105 Å². The number of carboxylic acid groups (broad SMARTS) is 2. The standard InChI is InChI=1S/C12H18ClNO2.C2H2O4/c1-10-3-4-12(11(13)9-10)16-8-6-14-5-7-15-2;3-1(4)2(5)6/h3-4,9,14H,5-8H2,1-2H3;(H,3,4)(H,5,6). The zero-order valence-corrected chi connectivity index (χ0v) is 13.2. The smallest absolute Gasteiger partial charge is 0.414 e. The second-order valence-corrected chi connectivity index (χ2v) is 4.54. The van der Waals surface area contributed by atoms with Gasteiger partial charge in [0.2, 0.25) is 0 Å². The molecule has 1 aromatic carbocycles. The first-order valence-corrected chi connectivity index (χ1v) is 6.81. The lowest BCUT2D eigenvalue weighted by atomic mass is 10.2. The molecular formula is C14H20ClNO6. The Morgan fingerprint density at radius 3 is 2.27 bits per heavy atom. The molecule has 1 aromatic rings. The number of aliphatic carboxylic acids is 2. The third-order valence-corrected chi connectivity index (χ3v) is 2.59. The summed E-state index contributed by atoms with van der Waals surface area (Å²) in [5.74, 6) is -2.91. The first kappa shape index (κ1) is 20.2. The number of halogens is 1. The molecule has 0 bridgehead atoms. The second-order valence-electron chi connectivity index (χ2n) is 4.14. The Morgan fingerprint density at radius 1 is 1.18 bits per heavy atom. The molecule has 0 aromatic heterocycles. The van der Waals surface area contributed by atoms with Crippen LogP contribution in [0.4, 0.5) is 0 Å². The molecule has 0 radical (unpaired) electrons. The van der Waals surface area contributed by atoms with Crippen molar-refractivity contribution in [1.82, 2.24) is 5.32 Å². The Labute approximate surface area is 133 Å². The minimum Gasteiger partial charge on any atom is -0.491 e. The van der Waals surface area contributed by atoms with Crippen molar-refractivity contribution in [3.63, 3.8) is 0 Å². The van der Waals surface area contributed by atoms with Gasteiger partial charge in [0.05, 0.1) is 11.6 Å². The summed E-state index contributed by atoms with van der Waals surface area (Å²) in [6.07, 6.45) is 0. The third-order valence-electron chi connectivity index (χ3n) is 2.29. The van der Waals surface area contributed by atoms with Gasteiger partial charge in [0.25, 0.3) is 0 Å². The van der Waals surface area contributed by atoms with Gasteiger partial charge >= 0.3 is 11.9 Å². The predicted octanol–water partition coefficient (Wildman–Crippen LogP) is 1.42. The predicted molar refractivity (Wildman–Crippen MR) is 81.7 cm³/mol. The summed E-state index contributed by atoms with van der Waals surface area (Å²) in [5, 5.41) is 18.6. The Bertz CT molecular complexity index is 468. The molecule has 124 valence electrons. The van der Waals surface area contributed by atoms with E-state index in [1.807, 2.05) is 25.1 Å². The summed E-state index contributed by atoms with van der Waals surface area (Å²) < 4.78 is 10.5. The SMILES string of the molecule is COCCNCCOc1ccc(C)cc1Cl.O=C(O)C(=O)O. The van der Waals surface area contributed by atoms with Crippen LogP contribution in [0.15, 0.2) is 18.2 Å². The minimum atomic E-state index is -1.82. The van der Waals surface area contributed by atoms with Crippen LogP contribution in [0.2, 0.25) is 5.02 Å². The number of hydrogen-bond acceptors (Lipinski definition) is 5. The van der Waals surface area contributed by atoms with E-state index in [1.165, 1.54) is 0 Å². The van der Waals surface area contributed by atoms with E-state index >= 15 is 0 Å². The van der Waals surface area contributed by atoms with Gasteiger partial charge in [0.15, 0.2) is 0 Å². The van der Waals surface area contributed by atoms with Crippen LogP contribution in [0.5, 0.6) is 5.75 Å². The van der Waals surface area contributed by atoms with Crippen LogP contribution < -0.4 is 10.1 Å². The zero-order chi connectivity index (χ0) is 17.0. The highest BCUT2D eigenvalue weighted by atomic mass is 35.5. The van der Waals surface area contributed by atoms with Gasteiger partial charge in [-0.2, -0.15) is 0 Å². The highest BCUT2D eigenvalue weighted by Gasteiger charge is 2.04. The molecule has 3 N–H and O–H groups in total. The number of hydrogen-bond donors (Lipinski definition) is 3. The molecule has 0 aliphatic heterocycles. The zero-order valence-electron chi connectivity index (χ0n) is 12.5. The van der Waals surface area contributed by atoms with Crippen molar-refractivity contribution in [3.8, 4) is 5.75 Å². The lowest BCUT2D eigenvalue weighted by Crippen LogP contribution is -2.24. The Balaban J connectivity index is 0.000000626.